The summed E-state index contributed by atoms with van der Waals surface area (Å²) < 4.78 is 48.0. The van der Waals surface area contributed by atoms with Gasteiger partial charge in [-0.25, -0.2) is 0 Å². The van der Waals surface area contributed by atoms with Crippen LogP contribution in [-0.2, 0) is 9.53 Å². The first-order chi connectivity index (χ1) is 17.5. The minimum Gasteiger partial charge on any atom is -0.404 e. The predicted molar refractivity (Wildman–Crippen MR) is 129 cm³/mol. The molecule has 2 fully saturated rings. The maximum absolute atomic E-state index is 12.9. The Morgan fingerprint density at radius 3 is 2.54 bits per heavy atom. The molecule has 0 radical (unpaired) electrons. The normalized spacial score (nSPS) is 18.4. The lowest BCUT2D eigenvalue weighted by molar-refractivity contribution is -0.274. The highest BCUT2D eigenvalue weighted by atomic mass is 32.1. The number of rotatable bonds is 7. The first-order valence-electron chi connectivity index (χ1n) is 11.6. The number of hydrogen-bond donors (Lipinski definition) is 3. The molecular formula is C22H27F3N6O5S. The number of piperidine rings is 1. The Labute approximate surface area is 214 Å². The third kappa shape index (κ3) is 7.74. The van der Waals surface area contributed by atoms with Crippen molar-refractivity contribution in [2.75, 3.05) is 61.5 Å². The molecule has 11 nitrogen and oxygen atoms in total. The zero-order valence-corrected chi connectivity index (χ0v) is 20.8. The summed E-state index contributed by atoms with van der Waals surface area (Å²) in [4.78, 5) is 29.1. The second-order valence-electron chi connectivity index (χ2n) is 9.02. The van der Waals surface area contributed by atoms with Crippen LogP contribution in [-0.4, -0.2) is 89.9 Å². The Hall–Kier alpha value is -3.01. The molecular weight excluding hydrogens is 517 g/mol. The quantitative estimate of drug-likeness (QED) is 0.481. The number of nitrogens with zero attached hydrogens (tertiary/aromatic N) is 4. The SMILES string of the molecule is CC1(O)CCN(c2nnc(NC(=O)c3ccc(OC(F)(F)F)c(NC(=O)CN4CCOCC4)c3)s2)CC1. The molecule has 0 saturated carbocycles. The summed E-state index contributed by atoms with van der Waals surface area (Å²) in [5.74, 6) is -1.84. The molecule has 202 valence electrons. The molecule has 4 rings (SSSR count). The predicted octanol–water partition coefficient (Wildman–Crippen LogP) is 2.31. The van der Waals surface area contributed by atoms with Crippen LogP contribution in [0.3, 0.4) is 0 Å². The third-order valence-corrected chi connectivity index (χ3v) is 6.86. The molecule has 2 aliphatic heterocycles. The molecule has 37 heavy (non-hydrogen) atoms. The Morgan fingerprint density at radius 2 is 1.86 bits per heavy atom. The van der Waals surface area contributed by atoms with Gasteiger partial charge in [0.15, 0.2) is 5.75 Å². The molecule has 2 aliphatic rings. The topological polar surface area (TPSA) is 129 Å². The van der Waals surface area contributed by atoms with Crippen LogP contribution in [0.5, 0.6) is 5.75 Å². The van der Waals surface area contributed by atoms with Gasteiger partial charge in [0.1, 0.15) is 0 Å². The van der Waals surface area contributed by atoms with Crippen molar-refractivity contribution >= 4 is 39.1 Å². The lowest BCUT2D eigenvalue weighted by Crippen LogP contribution is -2.42. The lowest BCUT2D eigenvalue weighted by atomic mass is 9.94. The van der Waals surface area contributed by atoms with Gasteiger partial charge in [-0.15, -0.1) is 23.4 Å². The number of carbonyl (C=O) groups excluding carboxylic acids is 2. The van der Waals surface area contributed by atoms with Gasteiger partial charge >= 0.3 is 6.36 Å². The van der Waals surface area contributed by atoms with Gasteiger partial charge in [-0.05, 0) is 38.0 Å². The highest BCUT2D eigenvalue weighted by Crippen LogP contribution is 2.33. The number of aliphatic hydroxyl groups is 1. The standard InChI is InChI=1S/C22H27F3N6O5S/c1-21(34)4-6-31(7-5-21)20-29-28-19(37-20)27-18(33)14-2-3-16(36-22(23,24)25)15(12-14)26-17(32)13-30-8-10-35-11-9-30/h2-3,12,34H,4-11,13H2,1H3,(H,26,32)(H,27,28,33). The first kappa shape index (κ1) is 27.0. The van der Waals surface area contributed by atoms with Gasteiger partial charge in [-0.3, -0.25) is 19.8 Å². The average Bonchev–Trinajstić information content (AvgIpc) is 3.28. The molecule has 1 aromatic carbocycles. The van der Waals surface area contributed by atoms with E-state index in [4.69, 9.17) is 4.74 Å². The summed E-state index contributed by atoms with van der Waals surface area (Å²) >= 11 is 1.14. The van der Waals surface area contributed by atoms with Gasteiger partial charge in [0, 0.05) is 31.7 Å². The van der Waals surface area contributed by atoms with Gasteiger partial charge in [-0.1, -0.05) is 11.3 Å². The highest BCUT2D eigenvalue weighted by Gasteiger charge is 2.33. The third-order valence-electron chi connectivity index (χ3n) is 5.96. The van der Waals surface area contributed by atoms with Crippen molar-refractivity contribution < 1.29 is 37.3 Å². The Balaban J connectivity index is 1.44. The number of morpholine rings is 1. The van der Waals surface area contributed by atoms with Crippen LogP contribution in [0.4, 0.5) is 29.1 Å². The Bertz CT molecular complexity index is 1110. The second-order valence-corrected chi connectivity index (χ2v) is 9.98. The van der Waals surface area contributed by atoms with Gasteiger partial charge in [0.2, 0.25) is 16.2 Å². The van der Waals surface area contributed by atoms with E-state index in [1.54, 1.807) is 11.8 Å². The van der Waals surface area contributed by atoms with Crippen molar-refractivity contribution in [2.24, 2.45) is 0 Å². The van der Waals surface area contributed by atoms with Gasteiger partial charge < -0.3 is 24.8 Å². The van der Waals surface area contributed by atoms with Gasteiger partial charge in [-0.2, -0.15) is 0 Å². The van der Waals surface area contributed by atoms with Gasteiger partial charge in [0.05, 0.1) is 31.0 Å². The van der Waals surface area contributed by atoms with Crippen molar-refractivity contribution in [1.82, 2.24) is 15.1 Å². The fraction of sp³-hybridized carbons (Fsp3) is 0.545. The molecule has 3 N–H and O–H groups in total. The molecule has 2 saturated heterocycles. The van der Waals surface area contributed by atoms with Crippen LogP contribution in [0.15, 0.2) is 18.2 Å². The fourth-order valence-corrected chi connectivity index (χ4v) is 4.67. The monoisotopic (exact) mass is 544 g/mol. The summed E-state index contributed by atoms with van der Waals surface area (Å²) in [6, 6.07) is 3.24. The fourth-order valence-electron chi connectivity index (χ4n) is 3.88. The lowest BCUT2D eigenvalue weighted by Gasteiger charge is -2.35. The number of carbonyl (C=O) groups is 2. The van der Waals surface area contributed by atoms with Crippen LogP contribution in [0.2, 0.25) is 0 Å². The number of alkyl halides is 3. The molecule has 0 unspecified atom stereocenters. The molecule has 0 aliphatic carbocycles. The summed E-state index contributed by atoms with van der Waals surface area (Å²) in [5.41, 5.74) is -1.03. The van der Waals surface area contributed by atoms with Crippen molar-refractivity contribution in [2.45, 2.75) is 31.7 Å². The number of nitrogens with one attached hydrogen (secondary N) is 2. The van der Waals surface area contributed by atoms with Crippen LogP contribution in [0.1, 0.15) is 30.1 Å². The van der Waals surface area contributed by atoms with E-state index in [-0.39, 0.29) is 22.9 Å². The summed E-state index contributed by atoms with van der Waals surface area (Å²) in [6.45, 7) is 4.85. The van der Waals surface area contributed by atoms with Crippen molar-refractivity contribution in [3.8, 4) is 5.75 Å². The van der Waals surface area contributed by atoms with E-state index in [1.165, 1.54) is 0 Å². The van der Waals surface area contributed by atoms with E-state index >= 15 is 0 Å². The second kappa shape index (κ2) is 11.2. The Kier molecular flexibility index (Phi) is 8.16. The van der Waals surface area contributed by atoms with E-state index in [0.29, 0.717) is 57.4 Å². The van der Waals surface area contributed by atoms with Crippen LogP contribution < -0.4 is 20.3 Å². The maximum atomic E-state index is 12.9. The molecule has 15 heteroatoms. The Morgan fingerprint density at radius 1 is 1.16 bits per heavy atom. The number of anilines is 3. The molecule has 2 amide bonds. The number of hydrogen-bond acceptors (Lipinski definition) is 10. The van der Waals surface area contributed by atoms with E-state index in [9.17, 15) is 27.9 Å². The molecule has 2 aromatic rings. The number of halogens is 3. The zero-order valence-electron chi connectivity index (χ0n) is 20.0. The molecule has 1 aromatic heterocycles. The summed E-state index contributed by atoms with van der Waals surface area (Å²) in [7, 11) is 0. The van der Waals surface area contributed by atoms with Crippen molar-refractivity contribution in [3.63, 3.8) is 0 Å². The molecule has 0 bridgehead atoms. The number of aromatic nitrogens is 2. The van der Waals surface area contributed by atoms with Crippen LogP contribution in [0, 0.1) is 0 Å². The molecule has 3 heterocycles. The minimum absolute atomic E-state index is 0.0121. The van der Waals surface area contributed by atoms with E-state index in [1.807, 2.05) is 4.90 Å². The largest absolute Gasteiger partial charge is 0.573 e. The smallest absolute Gasteiger partial charge is 0.404 e. The number of benzene rings is 1. The van der Waals surface area contributed by atoms with Crippen LogP contribution >= 0.6 is 11.3 Å². The maximum Gasteiger partial charge on any atom is 0.573 e. The highest BCUT2D eigenvalue weighted by molar-refractivity contribution is 7.19. The van der Waals surface area contributed by atoms with E-state index in [0.717, 1.165) is 29.5 Å². The van der Waals surface area contributed by atoms with Crippen LogP contribution in [0.25, 0.3) is 0 Å². The zero-order chi connectivity index (χ0) is 26.6. The molecule has 0 atom stereocenters. The van der Waals surface area contributed by atoms with Crippen molar-refractivity contribution in [1.29, 1.82) is 0 Å². The van der Waals surface area contributed by atoms with Gasteiger partial charge in [0.25, 0.3) is 5.91 Å². The first-order valence-corrected chi connectivity index (χ1v) is 12.4. The number of amides is 2. The van der Waals surface area contributed by atoms with E-state index < -0.39 is 29.5 Å². The number of ether oxygens (including phenoxy) is 2. The minimum atomic E-state index is -4.99. The van der Waals surface area contributed by atoms with Crippen molar-refractivity contribution in [3.05, 3.63) is 23.8 Å². The summed E-state index contributed by atoms with van der Waals surface area (Å²) in [5, 5.41) is 23.9. The van der Waals surface area contributed by atoms with E-state index in [2.05, 4.69) is 25.6 Å². The summed E-state index contributed by atoms with van der Waals surface area (Å²) in [6.07, 6.45) is -3.85. The average molecular weight is 545 g/mol. The molecule has 0 spiro atoms.